The summed E-state index contributed by atoms with van der Waals surface area (Å²) in [7, 11) is 0. The van der Waals surface area contributed by atoms with E-state index in [1.165, 1.54) is 25.3 Å². The second-order valence-corrected chi connectivity index (χ2v) is 11.1. The zero-order valence-electron chi connectivity index (χ0n) is 19.8. The lowest BCUT2D eigenvalue weighted by Crippen LogP contribution is -2.56. The average molecular weight is 484 g/mol. The molecule has 2 atom stereocenters. The Morgan fingerprint density at radius 1 is 1.17 bits per heavy atom. The number of nitrogens with zero attached hydrogens (tertiary/aromatic N) is 3. The van der Waals surface area contributed by atoms with E-state index >= 15 is 0 Å². The maximum Gasteiger partial charge on any atom is 0.329 e. The first-order valence-electron chi connectivity index (χ1n) is 12.5. The van der Waals surface area contributed by atoms with Crippen LogP contribution in [-0.2, 0) is 20.9 Å². The summed E-state index contributed by atoms with van der Waals surface area (Å²) in [6.07, 6.45) is 5.78. The Labute approximate surface area is 202 Å². The van der Waals surface area contributed by atoms with E-state index in [2.05, 4.69) is 10.1 Å². The summed E-state index contributed by atoms with van der Waals surface area (Å²) in [4.78, 5) is 32.5. The molecule has 4 saturated carbocycles. The first-order chi connectivity index (χ1) is 16.8. The number of likely N-dealkylation sites (tertiary alicyclic amines) is 1. The highest BCUT2D eigenvalue weighted by Crippen LogP contribution is 2.60. The fourth-order valence-corrected chi connectivity index (χ4v) is 7.33. The summed E-state index contributed by atoms with van der Waals surface area (Å²) in [5, 5.41) is 14.2. The lowest BCUT2D eigenvalue weighted by Gasteiger charge is -2.56. The molecule has 0 spiro atoms. The van der Waals surface area contributed by atoms with Crippen molar-refractivity contribution in [3.05, 3.63) is 35.5 Å². The number of aryl methyl sites for hydroxylation is 1. The molecule has 186 valence electrons. The Kier molecular flexibility index (Phi) is 5.43. The van der Waals surface area contributed by atoms with Crippen LogP contribution in [0.4, 0.5) is 4.39 Å². The number of carbonyl (C=O) groups excluding carboxylic acids is 2. The molecule has 4 aliphatic carbocycles. The summed E-state index contributed by atoms with van der Waals surface area (Å²) in [5.41, 5.74) is 0.584. The van der Waals surface area contributed by atoms with Gasteiger partial charge in [-0.3, -0.25) is 4.79 Å². The van der Waals surface area contributed by atoms with E-state index in [9.17, 15) is 19.1 Å². The quantitative estimate of drug-likeness (QED) is 0.650. The highest BCUT2D eigenvalue weighted by Gasteiger charge is 2.57. The molecule has 1 unspecified atom stereocenters. The van der Waals surface area contributed by atoms with Gasteiger partial charge in [-0.15, -0.1) is 0 Å². The fourth-order valence-electron chi connectivity index (χ4n) is 7.33. The van der Waals surface area contributed by atoms with Gasteiger partial charge < -0.3 is 19.3 Å². The van der Waals surface area contributed by atoms with Crippen LogP contribution < -0.4 is 0 Å². The monoisotopic (exact) mass is 483 g/mol. The van der Waals surface area contributed by atoms with E-state index in [1.54, 1.807) is 24.0 Å². The minimum absolute atomic E-state index is 0.0107. The Morgan fingerprint density at radius 3 is 2.51 bits per heavy atom. The average Bonchev–Trinajstić information content (AvgIpc) is 3.45. The van der Waals surface area contributed by atoms with Gasteiger partial charge in [0.25, 0.3) is 5.89 Å². The molecule has 2 aromatic rings. The first-order valence-corrected chi connectivity index (χ1v) is 12.5. The summed E-state index contributed by atoms with van der Waals surface area (Å²) in [6, 6.07) is 3.82. The number of rotatable bonds is 5. The summed E-state index contributed by atoms with van der Waals surface area (Å²) >= 11 is 0. The van der Waals surface area contributed by atoms with E-state index < -0.39 is 18.1 Å². The third-order valence-electron chi connectivity index (χ3n) is 8.54. The Bertz CT molecular complexity index is 1130. The van der Waals surface area contributed by atoms with Gasteiger partial charge in [-0.1, -0.05) is 17.3 Å². The van der Waals surface area contributed by atoms with E-state index in [0.29, 0.717) is 28.9 Å². The maximum atomic E-state index is 13.9. The van der Waals surface area contributed by atoms with Gasteiger partial charge in [-0.2, -0.15) is 4.98 Å². The highest BCUT2D eigenvalue weighted by atomic mass is 19.1. The number of β-amino-alcohol motifs (C(OH)–C–C–N with tert-alkyl or cyclic N) is 1. The van der Waals surface area contributed by atoms with Crippen molar-refractivity contribution in [1.29, 1.82) is 0 Å². The Morgan fingerprint density at radius 2 is 1.86 bits per heavy atom. The van der Waals surface area contributed by atoms with Gasteiger partial charge in [0.1, 0.15) is 11.9 Å². The molecule has 1 N–H and O–H groups in total. The molecule has 2 heterocycles. The van der Waals surface area contributed by atoms with Crippen LogP contribution in [0.5, 0.6) is 0 Å². The third-order valence-corrected chi connectivity index (χ3v) is 8.54. The molecule has 5 fully saturated rings. The summed E-state index contributed by atoms with van der Waals surface area (Å²) < 4.78 is 24.5. The van der Waals surface area contributed by atoms with Crippen LogP contribution in [0.2, 0.25) is 0 Å². The van der Waals surface area contributed by atoms with Crippen molar-refractivity contribution in [2.24, 2.45) is 23.2 Å². The topological polar surface area (TPSA) is 106 Å². The number of benzene rings is 1. The minimum Gasteiger partial charge on any atom is -0.454 e. The smallest absolute Gasteiger partial charge is 0.329 e. The fraction of sp³-hybridized carbons (Fsp3) is 0.615. The van der Waals surface area contributed by atoms with Crippen LogP contribution in [0, 0.1) is 35.9 Å². The van der Waals surface area contributed by atoms with Crippen molar-refractivity contribution >= 4 is 11.9 Å². The van der Waals surface area contributed by atoms with Crippen molar-refractivity contribution in [2.45, 2.75) is 70.6 Å². The molecule has 1 aromatic carbocycles. The number of esters is 1. The molecule has 1 saturated heterocycles. The Hall–Kier alpha value is -2.81. The van der Waals surface area contributed by atoms with E-state index in [4.69, 9.17) is 9.26 Å². The Balaban J connectivity index is 1.13. The van der Waals surface area contributed by atoms with Crippen LogP contribution in [0.25, 0.3) is 11.4 Å². The zero-order valence-corrected chi connectivity index (χ0v) is 19.8. The zero-order chi connectivity index (χ0) is 24.3. The number of hydrogen-bond acceptors (Lipinski definition) is 7. The standard InChI is InChI=1S/C26H30FN3O5/c1-14-2-3-18(7-20(14)27)23-28-22(35-29-23)13-34-24(32)21-8-19(31)12-30(21)25(33)26-9-15-4-16(10-26)6-17(5-15)11-26/h2-3,7,15-17,19,21,31H,4-6,8-13H2,1H3/t15?,16?,17?,19?,21-,26?/m0/s1. The van der Waals surface area contributed by atoms with Gasteiger partial charge in [0.2, 0.25) is 11.7 Å². The van der Waals surface area contributed by atoms with Crippen LogP contribution in [0.15, 0.2) is 22.7 Å². The molecule has 7 rings (SSSR count). The highest BCUT2D eigenvalue weighted by molar-refractivity contribution is 5.89. The third kappa shape index (κ3) is 4.03. The molecular formula is C26H30FN3O5. The van der Waals surface area contributed by atoms with Gasteiger partial charge in [-0.25, -0.2) is 9.18 Å². The second-order valence-electron chi connectivity index (χ2n) is 11.1. The van der Waals surface area contributed by atoms with Gasteiger partial charge in [0.05, 0.1) is 11.5 Å². The number of hydrogen-bond donors (Lipinski definition) is 1. The molecule has 1 aliphatic heterocycles. The van der Waals surface area contributed by atoms with Crippen molar-refractivity contribution in [1.82, 2.24) is 15.0 Å². The van der Waals surface area contributed by atoms with Gasteiger partial charge in [0, 0.05) is 18.5 Å². The predicted molar refractivity (Wildman–Crippen MR) is 121 cm³/mol. The van der Waals surface area contributed by atoms with Crippen molar-refractivity contribution in [3.63, 3.8) is 0 Å². The van der Waals surface area contributed by atoms with Gasteiger partial charge in [0.15, 0.2) is 6.61 Å². The molecule has 35 heavy (non-hydrogen) atoms. The predicted octanol–water partition coefficient (Wildman–Crippen LogP) is 3.41. The SMILES string of the molecule is Cc1ccc(-c2noc(COC(=O)[C@@H]3CC(O)CN3C(=O)C34CC5CC(CC(C5)C3)C4)n2)cc1F. The summed E-state index contributed by atoms with van der Waals surface area (Å²) in [6.45, 7) is 1.56. The van der Waals surface area contributed by atoms with Crippen molar-refractivity contribution in [3.8, 4) is 11.4 Å². The lowest BCUT2D eigenvalue weighted by molar-refractivity contribution is -0.166. The number of ether oxygens (including phenoxy) is 1. The number of halogens is 1. The molecule has 4 bridgehead atoms. The lowest BCUT2D eigenvalue weighted by atomic mass is 9.49. The van der Waals surface area contributed by atoms with E-state index in [-0.39, 0.29) is 48.4 Å². The molecule has 5 aliphatic rings. The van der Waals surface area contributed by atoms with E-state index in [1.807, 2.05) is 0 Å². The second kappa shape index (κ2) is 8.40. The van der Waals surface area contributed by atoms with Crippen LogP contribution >= 0.6 is 0 Å². The van der Waals surface area contributed by atoms with Crippen LogP contribution in [-0.4, -0.2) is 50.7 Å². The molecule has 1 aromatic heterocycles. The molecule has 8 nitrogen and oxygen atoms in total. The number of aliphatic hydroxyl groups excluding tert-OH is 1. The van der Waals surface area contributed by atoms with Crippen LogP contribution in [0.3, 0.4) is 0 Å². The molecular weight excluding hydrogens is 453 g/mol. The summed E-state index contributed by atoms with van der Waals surface area (Å²) in [5.74, 6) is 1.16. The first kappa shape index (κ1) is 22.6. The van der Waals surface area contributed by atoms with Gasteiger partial charge in [-0.05, 0) is 74.8 Å². The van der Waals surface area contributed by atoms with E-state index in [0.717, 1.165) is 19.3 Å². The number of aliphatic hydroxyl groups is 1. The van der Waals surface area contributed by atoms with Crippen LogP contribution in [0.1, 0.15) is 56.4 Å². The number of amides is 1. The number of carbonyl (C=O) groups is 2. The van der Waals surface area contributed by atoms with Gasteiger partial charge >= 0.3 is 5.97 Å². The molecule has 1 amide bonds. The largest absolute Gasteiger partial charge is 0.454 e. The number of aromatic nitrogens is 2. The normalized spacial score (nSPS) is 33.3. The van der Waals surface area contributed by atoms with Crippen molar-refractivity contribution in [2.75, 3.05) is 6.54 Å². The van der Waals surface area contributed by atoms with Crippen molar-refractivity contribution < 1.29 is 28.3 Å². The maximum absolute atomic E-state index is 13.9. The minimum atomic E-state index is -0.820. The molecule has 9 heteroatoms. The molecule has 0 radical (unpaired) electrons.